The number of hydrogen-bond acceptors (Lipinski definition) is 4. The Balaban J connectivity index is 0.000000858. The molecule has 0 amide bonds. The Hall–Kier alpha value is -1.52. The van der Waals surface area contributed by atoms with Crippen LogP contribution in [0.4, 0.5) is 17.6 Å². The van der Waals surface area contributed by atoms with Crippen molar-refractivity contribution in [1.82, 2.24) is 0 Å². The summed E-state index contributed by atoms with van der Waals surface area (Å²) in [5, 5.41) is 13.9. The molecule has 1 unspecified atom stereocenters. The molecule has 4 rings (SSSR count). The predicted molar refractivity (Wildman–Crippen MR) is 112 cm³/mol. The van der Waals surface area contributed by atoms with Crippen molar-refractivity contribution in [2.75, 3.05) is 6.93 Å². The summed E-state index contributed by atoms with van der Waals surface area (Å²) in [5.41, 5.74) is -0.356. The van der Waals surface area contributed by atoms with E-state index >= 15 is 8.78 Å². The van der Waals surface area contributed by atoms with Gasteiger partial charge >= 0.3 is 13.0 Å². The lowest BCUT2D eigenvalue weighted by atomic mass is 9.77. The number of alkyl halides is 3. The summed E-state index contributed by atoms with van der Waals surface area (Å²) in [4.78, 5) is 5.00. The lowest BCUT2D eigenvalue weighted by Gasteiger charge is -2.21. The first-order valence-corrected chi connectivity index (χ1v) is 9.98. The number of nitrogens with zero attached hydrogens (tertiary/aromatic N) is 1. The summed E-state index contributed by atoms with van der Waals surface area (Å²) in [6.07, 6.45) is -0.360. The highest BCUT2D eigenvalue weighted by Gasteiger charge is 2.46. The number of benzene rings is 2. The van der Waals surface area contributed by atoms with Gasteiger partial charge in [-0.15, -0.1) is 0 Å². The van der Waals surface area contributed by atoms with Crippen LogP contribution in [-0.2, 0) is 20.9 Å². The third-order valence-electron chi connectivity index (χ3n) is 4.87. The molecule has 4 nitrogen and oxygen atoms in total. The molecule has 2 aliphatic heterocycles. The van der Waals surface area contributed by atoms with Gasteiger partial charge in [0, 0.05) is 16.7 Å². The average Bonchev–Trinajstić information content (AvgIpc) is 3.18. The van der Waals surface area contributed by atoms with E-state index in [0.29, 0.717) is 5.46 Å². The summed E-state index contributed by atoms with van der Waals surface area (Å²) < 4.78 is 55.3. The smallest absolute Gasteiger partial charge is 0.423 e. The molecular formula is C19H15BCl3F4NO3. The predicted octanol–water partition coefficient (Wildman–Crippen LogP) is 5.57. The molecule has 166 valence electrons. The van der Waals surface area contributed by atoms with Gasteiger partial charge in [0.15, 0.2) is 0 Å². The second-order valence-electron chi connectivity index (χ2n) is 7.26. The van der Waals surface area contributed by atoms with Gasteiger partial charge in [0.05, 0.1) is 32.8 Å². The largest absolute Gasteiger partial charge is 0.492 e. The second kappa shape index (κ2) is 8.79. The Morgan fingerprint density at radius 1 is 1.16 bits per heavy atom. The molecule has 2 heterocycles. The number of halogens is 7. The maximum Gasteiger partial charge on any atom is 0.492 e. The quantitative estimate of drug-likeness (QED) is 0.335. The van der Waals surface area contributed by atoms with Crippen LogP contribution in [0.25, 0.3) is 0 Å². The highest BCUT2D eigenvalue weighted by atomic mass is 35.5. The molecule has 0 spiro atoms. The average molecular weight is 498 g/mol. The van der Waals surface area contributed by atoms with E-state index in [1.165, 1.54) is 24.3 Å². The first-order chi connectivity index (χ1) is 14.4. The van der Waals surface area contributed by atoms with Gasteiger partial charge in [0.1, 0.15) is 5.82 Å². The minimum Gasteiger partial charge on any atom is -0.423 e. The molecule has 0 aliphatic carbocycles. The Bertz CT molecular complexity index is 1030. The van der Waals surface area contributed by atoms with Gasteiger partial charge in [0.2, 0.25) is 6.93 Å². The molecule has 31 heavy (non-hydrogen) atoms. The monoisotopic (exact) mass is 497 g/mol. The Morgan fingerprint density at radius 3 is 2.32 bits per heavy atom. The van der Waals surface area contributed by atoms with Crippen LogP contribution in [0.1, 0.15) is 37.0 Å². The lowest BCUT2D eigenvalue weighted by molar-refractivity contribution is -0.130. The third-order valence-corrected chi connectivity index (χ3v) is 6.07. The number of oxime groups is 1. The molecule has 2 aromatic carbocycles. The van der Waals surface area contributed by atoms with Crippen molar-refractivity contribution in [3.8, 4) is 0 Å². The molecule has 1 N–H and O–H groups in total. The van der Waals surface area contributed by atoms with Crippen LogP contribution in [0.2, 0.25) is 15.1 Å². The van der Waals surface area contributed by atoms with Crippen LogP contribution in [0.3, 0.4) is 0 Å². The molecule has 2 aliphatic rings. The summed E-state index contributed by atoms with van der Waals surface area (Å²) >= 11 is 17.8. The van der Waals surface area contributed by atoms with Crippen LogP contribution in [0.5, 0.6) is 0 Å². The van der Waals surface area contributed by atoms with Gasteiger partial charge in [-0.1, -0.05) is 52.1 Å². The first-order valence-electron chi connectivity index (χ1n) is 8.85. The van der Waals surface area contributed by atoms with Gasteiger partial charge in [-0.3, -0.25) is 0 Å². The van der Waals surface area contributed by atoms with Crippen molar-refractivity contribution >= 4 is 53.1 Å². The van der Waals surface area contributed by atoms with Gasteiger partial charge in [-0.05, 0) is 31.4 Å². The van der Waals surface area contributed by atoms with Crippen LogP contribution < -0.4 is 5.46 Å². The van der Waals surface area contributed by atoms with Crippen LogP contribution in [0.15, 0.2) is 29.4 Å². The minimum absolute atomic E-state index is 0.0197. The summed E-state index contributed by atoms with van der Waals surface area (Å²) in [5.74, 6) is -3.01. The molecule has 0 bridgehead atoms. The van der Waals surface area contributed by atoms with E-state index < -0.39 is 31.3 Å². The van der Waals surface area contributed by atoms with E-state index in [-0.39, 0.29) is 43.9 Å². The van der Waals surface area contributed by atoms with Gasteiger partial charge in [0.25, 0.3) is 0 Å². The highest BCUT2D eigenvalue weighted by Crippen LogP contribution is 2.43. The molecule has 0 saturated heterocycles. The lowest BCUT2D eigenvalue weighted by Crippen LogP contribution is -2.29. The maximum absolute atomic E-state index is 15.4. The van der Waals surface area contributed by atoms with Crippen molar-refractivity contribution in [1.29, 1.82) is 0 Å². The van der Waals surface area contributed by atoms with Gasteiger partial charge < -0.3 is 14.5 Å². The molecule has 0 saturated carbocycles. The number of fused-ring (bicyclic) bond motifs is 1. The molecule has 0 aromatic heterocycles. The third kappa shape index (κ3) is 4.39. The standard InChI is InChI=1S/C18H13BCl3F2NO3.CH2F2/c1-17(2)14-10(19(26)27-17)4-3-9(16(14)23)13-7-18(24,28-25-13)8-5-11(20)15(22)12(21)6-8;2-1-3/h3-6,26H,7H2,1-2H3;1H2. The fraction of sp³-hybridized carbons (Fsp3) is 0.316. The van der Waals surface area contributed by atoms with Crippen LogP contribution in [0, 0.1) is 5.82 Å². The first kappa shape index (κ1) is 24.1. The minimum atomic E-state index is -2.37. The van der Waals surface area contributed by atoms with Crippen molar-refractivity contribution in [3.63, 3.8) is 0 Å². The summed E-state index contributed by atoms with van der Waals surface area (Å²) in [6, 6.07) is 5.53. The zero-order chi connectivity index (χ0) is 23.1. The molecule has 2 aromatic rings. The van der Waals surface area contributed by atoms with E-state index in [1.54, 1.807) is 13.8 Å². The highest BCUT2D eigenvalue weighted by molar-refractivity contribution is 6.62. The zero-order valence-corrected chi connectivity index (χ0v) is 18.4. The molecule has 0 radical (unpaired) electrons. The summed E-state index contributed by atoms with van der Waals surface area (Å²) in [7, 11) is -1.23. The van der Waals surface area contributed by atoms with E-state index in [4.69, 9.17) is 44.3 Å². The van der Waals surface area contributed by atoms with E-state index in [2.05, 4.69) is 5.16 Å². The Kier molecular flexibility index (Phi) is 6.84. The fourth-order valence-electron chi connectivity index (χ4n) is 3.51. The van der Waals surface area contributed by atoms with E-state index in [1.807, 2.05) is 0 Å². The normalized spacial score (nSPS) is 21.2. The molecule has 1 atom stereocenters. The SMILES string of the molecule is CC1(C)OB(O)c2ccc(C3=NOC(F)(c4cc(Cl)c(Cl)c(Cl)c4)C3)c(F)c21.FCF. The summed E-state index contributed by atoms with van der Waals surface area (Å²) in [6.45, 7) is 1.53. The van der Waals surface area contributed by atoms with Gasteiger partial charge in [-0.2, -0.15) is 4.39 Å². The van der Waals surface area contributed by atoms with Crippen LogP contribution in [-0.4, -0.2) is 24.8 Å². The zero-order valence-electron chi connectivity index (χ0n) is 16.2. The van der Waals surface area contributed by atoms with Crippen molar-refractivity contribution in [2.45, 2.75) is 31.7 Å². The Labute approximate surface area is 190 Å². The molecule has 12 heteroatoms. The van der Waals surface area contributed by atoms with Crippen LogP contribution >= 0.6 is 34.8 Å². The van der Waals surface area contributed by atoms with E-state index in [9.17, 15) is 13.8 Å². The second-order valence-corrected chi connectivity index (χ2v) is 8.45. The van der Waals surface area contributed by atoms with Crippen molar-refractivity contribution in [2.24, 2.45) is 5.16 Å². The van der Waals surface area contributed by atoms with E-state index in [0.717, 1.165) is 0 Å². The van der Waals surface area contributed by atoms with Crippen molar-refractivity contribution < 1.29 is 32.1 Å². The molecular weight excluding hydrogens is 483 g/mol. The topological polar surface area (TPSA) is 51.0 Å². The Morgan fingerprint density at radius 2 is 1.74 bits per heavy atom. The number of rotatable bonds is 2. The number of hydrogen-bond donors (Lipinski definition) is 1. The van der Waals surface area contributed by atoms with Gasteiger partial charge in [-0.25, -0.2) is 13.2 Å². The fourth-order valence-corrected chi connectivity index (χ4v) is 4.11. The van der Waals surface area contributed by atoms with Crippen molar-refractivity contribution in [3.05, 3.63) is 61.8 Å². The maximum atomic E-state index is 15.4. The molecule has 0 fully saturated rings.